The highest BCUT2D eigenvalue weighted by molar-refractivity contribution is 5.88. The van der Waals surface area contributed by atoms with E-state index >= 15 is 0 Å². The molecule has 2 fully saturated rings. The first-order valence-electron chi connectivity index (χ1n) is 13.5. The summed E-state index contributed by atoms with van der Waals surface area (Å²) in [5.41, 5.74) is 4.55. The average molecular weight is 512 g/mol. The molecule has 6 nitrogen and oxygen atoms in total. The van der Waals surface area contributed by atoms with E-state index in [1.807, 2.05) is 79.7 Å². The average Bonchev–Trinajstić information content (AvgIpc) is 3.62. The minimum absolute atomic E-state index is 0.0511. The van der Waals surface area contributed by atoms with Crippen LogP contribution in [0.1, 0.15) is 53.2 Å². The molecule has 2 aliphatic carbocycles. The molecule has 1 aliphatic heterocycles. The quantitative estimate of drug-likeness (QED) is 0.434. The number of carboxylic acids is 1. The lowest BCUT2D eigenvalue weighted by molar-refractivity contribution is -0.160. The third-order valence-corrected chi connectivity index (χ3v) is 8.38. The third kappa shape index (κ3) is 4.81. The van der Waals surface area contributed by atoms with Crippen LogP contribution >= 0.6 is 0 Å². The highest BCUT2D eigenvalue weighted by atomic mass is 16.5. The van der Waals surface area contributed by atoms with Crippen molar-refractivity contribution in [3.63, 3.8) is 0 Å². The van der Waals surface area contributed by atoms with Gasteiger partial charge in [0.05, 0.1) is 6.10 Å². The smallest absolute Gasteiger partial charge is 0.326 e. The summed E-state index contributed by atoms with van der Waals surface area (Å²) in [5, 5.41) is 10.3. The Balaban J connectivity index is 1.29. The Hall–Kier alpha value is -3.64. The number of rotatable bonds is 8. The summed E-state index contributed by atoms with van der Waals surface area (Å²) in [7, 11) is 0. The molecule has 0 spiro atoms. The van der Waals surface area contributed by atoms with Crippen molar-refractivity contribution < 1.29 is 24.2 Å². The number of aliphatic carboxylic acids is 1. The molecule has 38 heavy (non-hydrogen) atoms. The van der Waals surface area contributed by atoms with E-state index in [-0.39, 0.29) is 25.0 Å². The normalized spacial score (nSPS) is 24.3. The van der Waals surface area contributed by atoms with Crippen molar-refractivity contribution in [2.75, 3.05) is 0 Å². The fraction of sp³-hybridized carbons (Fsp3) is 0.375. The Morgan fingerprint density at radius 2 is 1.74 bits per heavy atom. The van der Waals surface area contributed by atoms with Gasteiger partial charge in [-0.2, -0.15) is 0 Å². The van der Waals surface area contributed by atoms with Gasteiger partial charge in [0.15, 0.2) is 6.10 Å². The van der Waals surface area contributed by atoms with E-state index in [2.05, 4.69) is 0 Å². The van der Waals surface area contributed by atoms with Crippen molar-refractivity contribution in [2.24, 2.45) is 11.8 Å². The summed E-state index contributed by atoms with van der Waals surface area (Å²) in [5.74, 6) is 0.655. The third-order valence-electron chi connectivity index (χ3n) is 8.38. The summed E-state index contributed by atoms with van der Waals surface area (Å²) in [4.78, 5) is 28.1. The van der Waals surface area contributed by atoms with Crippen LogP contribution in [0, 0.1) is 18.8 Å². The van der Waals surface area contributed by atoms with Crippen LogP contribution in [0.2, 0.25) is 0 Å². The van der Waals surface area contributed by atoms with Gasteiger partial charge in [-0.25, -0.2) is 4.79 Å². The van der Waals surface area contributed by atoms with E-state index in [1.165, 1.54) is 11.3 Å². The van der Waals surface area contributed by atoms with E-state index in [0.717, 1.165) is 46.6 Å². The minimum Gasteiger partial charge on any atom is -0.488 e. The lowest BCUT2D eigenvalue weighted by Gasteiger charge is -2.38. The summed E-state index contributed by atoms with van der Waals surface area (Å²) < 4.78 is 12.7. The summed E-state index contributed by atoms with van der Waals surface area (Å²) in [6.45, 7) is 2.57. The second kappa shape index (κ2) is 10.3. The molecule has 3 aromatic rings. The summed E-state index contributed by atoms with van der Waals surface area (Å²) in [6, 6.07) is 22.4. The fourth-order valence-corrected chi connectivity index (χ4v) is 6.19. The fourth-order valence-electron chi connectivity index (χ4n) is 6.19. The first-order valence-corrected chi connectivity index (χ1v) is 13.5. The molecule has 0 saturated heterocycles. The molecule has 1 amide bonds. The Bertz CT molecular complexity index is 1320. The van der Waals surface area contributed by atoms with Gasteiger partial charge in [-0.05, 0) is 60.3 Å². The SMILES string of the molecule is Cc1ccc2c(c1OCc1ccccc1)C[C@@H](C(=O)O)N(C(=O)[C@@H](OC1CCC3CC31)c1ccccc1)C2. The number of aryl methyl sites for hydroxylation is 1. The molecule has 6 rings (SSSR count). The topological polar surface area (TPSA) is 76.1 Å². The molecule has 0 aromatic heterocycles. The van der Waals surface area contributed by atoms with Crippen LogP contribution in [-0.2, 0) is 33.9 Å². The standard InChI is InChI=1S/C32H33NO5/c1-20-12-13-24-18-33(27(32(35)36)17-26(24)29(20)37-19-21-8-4-2-5-9-21)31(34)30(22-10-6-3-7-11-22)38-28-15-14-23-16-25(23)28/h2-13,23,25,27-28,30H,14-19H2,1H3,(H,35,36)/t23?,25?,27-,28?,30-/m0/s1. The lowest BCUT2D eigenvalue weighted by Crippen LogP contribution is -2.51. The van der Waals surface area contributed by atoms with Gasteiger partial charge in [0, 0.05) is 18.5 Å². The molecule has 0 bridgehead atoms. The minimum atomic E-state index is -1.02. The second-order valence-corrected chi connectivity index (χ2v) is 10.9. The van der Waals surface area contributed by atoms with Gasteiger partial charge < -0.3 is 19.5 Å². The molecule has 6 heteroatoms. The van der Waals surface area contributed by atoms with E-state index < -0.39 is 18.1 Å². The molecule has 5 atom stereocenters. The lowest BCUT2D eigenvalue weighted by atomic mass is 9.90. The maximum atomic E-state index is 14.1. The van der Waals surface area contributed by atoms with Gasteiger partial charge in [-0.15, -0.1) is 0 Å². The van der Waals surface area contributed by atoms with Crippen LogP contribution < -0.4 is 4.74 Å². The van der Waals surface area contributed by atoms with Crippen molar-refractivity contribution in [2.45, 2.75) is 64.0 Å². The molecule has 1 heterocycles. The van der Waals surface area contributed by atoms with E-state index in [1.54, 1.807) is 0 Å². The summed E-state index contributed by atoms with van der Waals surface area (Å²) >= 11 is 0. The largest absolute Gasteiger partial charge is 0.488 e. The molecular formula is C32H33NO5. The zero-order valence-electron chi connectivity index (χ0n) is 21.6. The molecule has 1 N–H and O–H groups in total. The van der Waals surface area contributed by atoms with Crippen molar-refractivity contribution >= 4 is 11.9 Å². The number of ether oxygens (including phenoxy) is 2. The molecule has 3 aliphatic rings. The predicted molar refractivity (Wildman–Crippen MR) is 143 cm³/mol. The number of carboxylic acid groups (broad SMARTS) is 1. The zero-order chi connectivity index (χ0) is 26.2. The van der Waals surface area contributed by atoms with Crippen LogP contribution in [0.15, 0.2) is 72.8 Å². The summed E-state index contributed by atoms with van der Waals surface area (Å²) in [6.07, 6.45) is 2.69. The molecule has 2 saturated carbocycles. The molecular weight excluding hydrogens is 478 g/mol. The number of carbonyl (C=O) groups is 2. The van der Waals surface area contributed by atoms with Crippen LogP contribution in [0.25, 0.3) is 0 Å². The number of carbonyl (C=O) groups excluding carboxylic acids is 1. The van der Waals surface area contributed by atoms with Gasteiger partial charge in [-0.1, -0.05) is 72.8 Å². The van der Waals surface area contributed by atoms with Crippen molar-refractivity contribution in [1.82, 2.24) is 4.90 Å². The molecule has 3 unspecified atom stereocenters. The second-order valence-electron chi connectivity index (χ2n) is 10.9. The Morgan fingerprint density at radius 1 is 1.00 bits per heavy atom. The van der Waals surface area contributed by atoms with Crippen LogP contribution in [0.4, 0.5) is 0 Å². The number of benzene rings is 3. The van der Waals surface area contributed by atoms with Crippen LogP contribution in [0.3, 0.4) is 0 Å². The zero-order valence-corrected chi connectivity index (χ0v) is 21.6. The van der Waals surface area contributed by atoms with Crippen molar-refractivity contribution in [1.29, 1.82) is 0 Å². The van der Waals surface area contributed by atoms with E-state index in [0.29, 0.717) is 18.3 Å². The first kappa shape index (κ1) is 24.7. The highest BCUT2D eigenvalue weighted by Crippen LogP contribution is 2.54. The maximum Gasteiger partial charge on any atom is 0.326 e. The molecule has 3 aromatic carbocycles. The number of hydrogen-bond acceptors (Lipinski definition) is 4. The Kier molecular flexibility index (Phi) is 6.66. The van der Waals surface area contributed by atoms with Gasteiger partial charge >= 0.3 is 5.97 Å². The maximum absolute atomic E-state index is 14.1. The van der Waals surface area contributed by atoms with Crippen LogP contribution in [0.5, 0.6) is 5.75 Å². The molecule has 196 valence electrons. The first-order chi connectivity index (χ1) is 18.5. The highest BCUT2D eigenvalue weighted by Gasteiger charge is 2.50. The van der Waals surface area contributed by atoms with Crippen LogP contribution in [-0.4, -0.2) is 34.0 Å². The number of nitrogens with zero attached hydrogens (tertiary/aromatic N) is 1. The Morgan fingerprint density at radius 3 is 2.39 bits per heavy atom. The number of fused-ring (bicyclic) bond motifs is 2. The predicted octanol–water partition coefficient (Wildman–Crippen LogP) is 5.47. The molecule has 0 radical (unpaired) electrons. The number of amides is 1. The van der Waals surface area contributed by atoms with Gasteiger partial charge in [0.2, 0.25) is 0 Å². The van der Waals surface area contributed by atoms with Gasteiger partial charge in [-0.3, -0.25) is 4.79 Å². The Labute approximate surface area is 223 Å². The van der Waals surface area contributed by atoms with Gasteiger partial charge in [0.1, 0.15) is 18.4 Å². The van der Waals surface area contributed by atoms with Crippen molar-refractivity contribution in [3.05, 3.63) is 101 Å². The van der Waals surface area contributed by atoms with E-state index in [9.17, 15) is 14.7 Å². The van der Waals surface area contributed by atoms with Gasteiger partial charge in [0.25, 0.3) is 5.91 Å². The van der Waals surface area contributed by atoms with Crippen molar-refractivity contribution in [3.8, 4) is 5.75 Å². The monoisotopic (exact) mass is 511 g/mol. The van der Waals surface area contributed by atoms with E-state index in [4.69, 9.17) is 9.47 Å². The number of hydrogen-bond donors (Lipinski definition) is 1.